The van der Waals surface area contributed by atoms with E-state index in [1.165, 1.54) is 6.92 Å². The minimum absolute atomic E-state index is 0.0796. The molecule has 8 nitrogen and oxygen atoms in total. The van der Waals surface area contributed by atoms with E-state index < -0.39 is 0 Å². The monoisotopic (exact) mass is 357 g/mol. The average molecular weight is 357 g/mol. The SMILES string of the molecule is COc1nccnc1CN1CCC(Oc2ccnc(CNC(C)=O)c2)C1. The van der Waals surface area contributed by atoms with E-state index in [-0.39, 0.29) is 12.0 Å². The van der Waals surface area contributed by atoms with Crippen LogP contribution in [-0.4, -0.2) is 52.1 Å². The number of nitrogens with zero attached hydrogens (tertiary/aromatic N) is 4. The lowest BCUT2D eigenvalue weighted by molar-refractivity contribution is -0.119. The van der Waals surface area contributed by atoms with Crippen molar-refractivity contribution in [1.82, 2.24) is 25.2 Å². The first kappa shape index (κ1) is 18.1. The molecule has 1 unspecified atom stereocenters. The molecule has 1 aliphatic rings. The summed E-state index contributed by atoms with van der Waals surface area (Å²) in [5.74, 6) is 1.25. The van der Waals surface area contributed by atoms with Crippen molar-refractivity contribution < 1.29 is 14.3 Å². The maximum absolute atomic E-state index is 11.0. The number of methoxy groups -OCH3 is 1. The van der Waals surface area contributed by atoms with Gasteiger partial charge in [-0.05, 0) is 12.5 Å². The van der Waals surface area contributed by atoms with Crippen molar-refractivity contribution in [2.45, 2.75) is 32.5 Å². The van der Waals surface area contributed by atoms with Crippen LogP contribution in [0.4, 0.5) is 0 Å². The van der Waals surface area contributed by atoms with E-state index in [9.17, 15) is 4.79 Å². The third-order valence-corrected chi connectivity index (χ3v) is 4.14. The van der Waals surface area contributed by atoms with Crippen LogP contribution in [0.25, 0.3) is 0 Å². The molecule has 1 aliphatic heterocycles. The second-order valence-corrected chi connectivity index (χ2v) is 6.17. The molecule has 0 radical (unpaired) electrons. The first-order chi connectivity index (χ1) is 12.6. The molecule has 1 saturated heterocycles. The highest BCUT2D eigenvalue weighted by Crippen LogP contribution is 2.21. The number of carbonyl (C=O) groups excluding carboxylic acids is 1. The van der Waals surface area contributed by atoms with E-state index in [1.807, 2.05) is 12.1 Å². The molecule has 1 atom stereocenters. The number of aromatic nitrogens is 3. The number of amides is 1. The van der Waals surface area contributed by atoms with Crippen molar-refractivity contribution in [3.8, 4) is 11.6 Å². The zero-order chi connectivity index (χ0) is 18.4. The molecule has 0 saturated carbocycles. The topological polar surface area (TPSA) is 89.5 Å². The first-order valence-electron chi connectivity index (χ1n) is 8.56. The van der Waals surface area contributed by atoms with Gasteiger partial charge in [-0.1, -0.05) is 0 Å². The summed E-state index contributed by atoms with van der Waals surface area (Å²) in [7, 11) is 1.60. The van der Waals surface area contributed by atoms with Crippen molar-refractivity contribution in [2.75, 3.05) is 20.2 Å². The fraction of sp³-hybridized carbons (Fsp3) is 0.444. The van der Waals surface area contributed by atoms with Crippen LogP contribution in [-0.2, 0) is 17.9 Å². The quantitative estimate of drug-likeness (QED) is 0.795. The van der Waals surface area contributed by atoms with Crippen LogP contribution in [0.3, 0.4) is 0 Å². The van der Waals surface area contributed by atoms with Gasteiger partial charge in [-0.15, -0.1) is 0 Å². The molecule has 0 spiro atoms. The van der Waals surface area contributed by atoms with Gasteiger partial charge < -0.3 is 14.8 Å². The number of hydrogen-bond donors (Lipinski definition) is 1. The summed E-state index contributed by atoms with van der Waals surface area (Å²) in [4.78, 5) is 26.1. The molecular weight excluding hydrogens is 334 g/mol. The molecule has 138 valence electrons. The molecule has 2 aromatic heterocycles. The molecule has 1 amide bonds. The lowest BCUT2D eigenvalue weighted by Crippen LogP contribution is -2.25. The van der Waals surface area contributed by atoms with Gasteiger partial charge in [0.2, 0.25) is 11.8 Å². The van der Waals surface area contributed by atoms with E-state index in [0.29, 0.717) is 19.0 Å². The van der Waals surface area contributed by atoms with Crippen molar-refractivity contribution in [3.05, 3.63) is 42.1 Å². The molecule has 3 heterocycles. The van der Waals surface area contributed by atoms with Gasteiger partial charge in [-0.3, -0.25) is 19.7 Å². The zero-order valence-electron chi connectivity index (χ0n) is 15.0. The summed E-state index contributed by atoms with van der Waals surface area (Å²) < 4.78 is 11.3. The van der Waals surface area contributed by atoms with Crippen molar-refractivity contribution in [3.63, 3.8) is 0 Å². The minimum Gasteiger partial charge on any atom is -0.489 e. The second-order valence-electron chi connectivity index (χ2n) is 6.17. The molecule has 1 N–H and O–H groups in total. The lowest BCUT2D eigenvalue weighted by atomic mass is 10.3. The molecule has 0 aliphatic carbocycles. The average Bonchev–Trinajstić information content (AvgIpc) is 3.07. The van der Waals surface area contributed by atoms with E-state index in [1.54, 1.807) is 25.7 Å². The summed E-state index contributed by atoms with van der Waals surface area (Å²) in [5, 5.41) is 2.74. The molecule has 3 rings (SSSR count). The first-order valence-corrected chi connectivity index (χ1v) is 8.56. The van der Waals surface area contributed by atoms with Gasteiger partial charge in [-0.2, -0.15) is 0 Å². The summed E-state index contributed by atoms with van der Waals surface area (Å²) >= 11 is 0. The Morgan fingerprint density at radius 2 is 2.15 bits per heavy atom. The van der Waals surface area contributed by atoms with Crippen molar-refractivity contribution >= 4 is 5.91 Å². The van der Waals surface area contributed by atoms with Crippen LogP contribution in [0, 0.1) is 0 Å². The zero-order valence-corrected chi connectivity index (χ0v) is 15.0. The standard InChI is InChI=1S/C18H23N5O3/c1-13(24)22-10-14-9-15(3-5-19-14)26-16-4-8-23(11-16)12-17-18(25-2)21-7-6-20-17/h3,5-7,9,16H,4,8,10-12H2,1-2H3,(H,22,24). The summed E-state index contributed by atoms with van der Waals surface area (Å²) in [6.45, 7) is 4.30. The predicted molar refractivity (Wildman–Crippen MR) is 94.7 cm³/mol. The Morgan fingerprint density at radius 1 is 1.31 bits per heavy atom. The van der Waals surface area contributed by atoms with Gasteiger partial charge in [0.25, 0.3) is 0 Å². The van der Waals surface area contributed by atoms with Gasteiger partial charge in [0, 0.05) is 51.2 Å². The molecule has 0 aromatic carbocycles. The molecule has 2 aromatic rings. The highest BCUT2D eigenvalue weighted by Gasteiger charge is 2.25. The number of nitrogens with one attached hydrogen (secondary N) is 1. The fourth-order valence-electron chi connectivity index (χ4n) is 2.92. The minimum atomic E-state index is -0.0796. The number of likely N-dealkylation sites (tertiary alicyclic amines) is 1. The lowest BCUT2D eigenvalue weighted by Gasteiger charge is -2.17. The number of rotatable bonds is 7. The third-order valence-electron chi connectivity index (χ3n) is 4.14. The van der Waals surface area contributed by atoms with Crippen molar-refractivity contribution in [2.24, 2.45) is 0 Å². The highest BCUT2D eigenvalue weighted by molar-refractivity contribution is 5.72. The summed E-state index contributed by atoms with van der Waals surface area (Å²) in [6.07, 6.45) is 6.04. The normalized spacial score (nSPS) is 17.1. The van der Waals surface area contributed by atoms with Crippen LogP contribution < -0.4 is 14.8 Å². The van der Waals surface area contributed by atoms with Crippen LogP contribution in [0.2, 0.25) is 0 Å². The number of hydrogen-bond acceptors (Lipinski definition) is 7. The second kappa shape index (κ2) is 8.57. The van der Waals surface area contributed by atoms with Crippen LogP contribution in [0.15, 0.2) is 30.7 Å². The number of carbonyl (C=O) groups is 1. The molecule has 8 heteroatoms. The Morgan fingerprint density at radius 3 is 2.96 bits per heavy atom. The molecule has 0 bridgehead atoms. The van der Waals surface area contributed by atoms with Crippen LogP contribution in [0.5, 0.6) is 11.6 Å². The van der Waals surface area contributed by atoms with E-state index in [4.69, 9.17) is 9.47 Å². The Labute approximate surface area is 152 Å². The Kier molecular flexibility index (Phi) is 5.96. The van der Waals surface area contributed by atoms with E-state index in [0.717, 1.165) is 36.6 Å². The Hall–Kier alpha value is -2.74. The largest absolute Gasteiger partial charge is 0.489 e. The van der Waals surface area contributed by atoms with Gasteiger partial charge in [0.1, 0.15) is 17.5 Å². The Bertz CT molecular complexity index is 755. The van der Waals surface area contributed by atoms with Gasteiger partial charge in [-0.25, -0.2) is 4.98 Å². The van der Waals surface area contributed by atoms with Gasteiger partial charge >= 0.3 is 0 Å². The third kappa shape index (κ3) is 4.89. The molecular formula is C18H23N5O3. The molecule has 26 heavy (non-hydrogen) atoms. The highest BCUT2D eigenvalue weighted by atomic mass is 16.5. The van der Waals surface area contributed by atoms with Crippen LogP contribution >= 0.6 is 0 Å². The Balaban J connectivity index is 1.54. The predicted octanol–water partition coefficient (Wildman–Crippen LogP) is 1.17. The summed E-state index contributed by atoms with van der Waals surface area (Å²) in [5.41, 5.74) is 1.61. The van der Waals surface area contributed by atoms with Gasteiger partial charge in [0.05, 0.1) is 19.3 Å². The maximum atomic E-state index is 11.0. The van der Waals surface area contributed by atoms with E-state index in [2.05, 4.69) is 25.2 Å². The number of ether oxygens (including phenoxy) is 2. The van der Waals surface area contributed by atoms with Crippen LogP contribution in [0.1, 0.15) is 24.7 Å². The van der Waals surface area contributed by atoms with Gasteiger partial charge in [0.15, 0.2) is 0 Å². The summed E-state index contributed by atoms with van der Waals surface area (Å²) in [6, 6.07) is 3.70. The number of pyridine rings is 1. The van der Waals surface area contributed by atoms with E-state index >= 15 is 0 Å². The fourth-order valence-corrected chi connectivity index (χ4v) is 2.92. The van der Waals surface area contributed by atoms with Crippen molar-refractivity contribution in [1.29, 1.82) is 0 Å². The smallest absolute Gasteiger partial charge is 0.236 e. The molecule has 1 fully saturated rings. The maximum Gasteiger partial charge on any atom is 0.236 e.